The molecule has 0 saturated carbocycles. The molecule has 0 fully saturated rings. The van der Waals surface area contributed by atoms with E-state index in [1.165, 1.54) is 57.8 Å². The van der Waals surface area contributed by atoms with Crippen LogP contribution in [0.2, 0.25) is 13.3 Å². The predicted molar refractivity (Wildman–Crippen MR) is 107 cm³/mol. The summed E-state index contributed by atoms with van der Waals surface area (Å²) in [5.74, 6) is 0. The first-order valence-electron chi connectivity index (χ1n) is 9.37. The van der Waals surface area contributed by atoms with Crippen molar-refractivity contribution in [3.8, 4) is 0 Å². The van der Waals surface area contributed by atoms with Gasteiger partial charge in [-0.25, -0.2) is 0 Å². The van der Waals surface area contributed by atoms with Crippen LogP contribution in [0.3, 0.4) is 0 Å². The first-order chi connectivity index (χ1) is 9.68. The molecule has 2 heteroatoms. The number of unbranched alkanes of at least 4 members (excludes halogenated alkanes) is 9. The first-order valence-corrected chi connectivity index (χ1v) is 23.7. The summed E-state index contributed by atoms with van der Waals surface area (Å²) in [6, 6.07) is 0. The fourth-order valence-corrected chi connectivity index (χ4v) is 20.4. The van der Waals surface area contributed by atoms with Gasteiger partial charge < -0.3 is 0 Å². The molecule has 0 aromatic carbocycles. The molecule has 0 N–H and O–H groups in total. The third-order valence-corrected chi connectivity index (χ3v) is 26.0. The van der Waals surface area contributed by atoms with Gasteiger partial charge in [-0.1, -0.05) is 0 Å². The molecule has 0 aliphatic heterocycles. The summed E-state index contributed by atoms with van der Waals surface area (Å²) in [5, 5.41) is 0. The van der Waals surface area contributed by atoms with E-state index in [2.05, 4.69) is 39.4 Å². The zero-order valence-electron chi connectivity index (χ0n) is 14.5. The number of hydrogen-bond donors (Lipinski definition) is 0. The van der Waals surface area contributed by atoms with Crippen molar-refractivity contribution in [2.45, 2.75) is 111 Å². The fourth-order valence-electron chi connectivity index (χ4n) is 2.98. The van der Waals surface area contributed by atoms with Gasteiger partial charge in [0.1, 0.15) is 0 Å². The van der Waals surface area contributed by atoms with E-state index in [0.717, 1.165) is 0 Å². The van der Waals surface area contributed by atoms with E-state index >= 15 is 0 Å². The van der Waals surface area contributed by atoms with E-state index in [4.69, 9.17) is 0 Å². The molecule has 20 heavy (non-hydrogen) atoms. The van der Waals surface area contributed by atoms with E-state index in [1.807, 2.05) is 0 Å². The van der Waals surface area contributed by atoms with Crippen LogP contribution in [0.15, 0.2) is 0 Å². The first kappa shape index (κ1) is 21.5. The van der Waals surface area contributed by atoms with Crippen molar-refractivity contribution in [2.24, 2.45) is 0 Å². The molecular weight excluding hydrogens is 462 g/mol. The number of rotatable bonds is 15. The van der Waals surface area contributed by atoms with Crippen molar-refractivity contribution in [2.75, 3.05) is 0 Å². The van der Waals surface area contributed by atoms with Gasteiger partial charge in [-0.2, -0.15) is 0 Å². The number of hydrogen-bond acceptors (Lipinski definition) is 0. The van der Waals surface area contributed by atoms with Crippen molar-refractivity contribution in [1.29, 1.82) is 0 Å². The predicted octanol–water partition coefficient (Wildman–Crippen LogP) is 8.11. The maximum absolute atomic E-state index is 3.04. The summed E-state index contributed by atoms with van der Waals surface area (Å²) >= 11 is 1.32. The van der Waals surface area contributed by atoms with Crippen molar-refractivity contribution >= 4 is 33.0 Å². The van der Waals surface area contributed by atoms with Crippen LogP contribution in [-0.4, -0.2) is 14.4 Å². The average molecular weight is 501 g/mol. The van der Waals surface area contributed by atoms with Crippen LogP contribution in [0.4, 0.5) is 0 Å². The molecule has 0 aliphatic rings. The Morgan fingerprint density at radius 1 is 0.500 bits per heavy atom. The van der Waals surface area contributed by atoms with Gasteiger partial charge in [0.15, 0.2) is 0 Å². The van der Waals surface area contributed by atoms with E-state index < -0.39 is 14.4 Å². The third-order valence-electron chi connectivity index (χ3n) is 4.44. The molecule has 0 nitrogen and oxygen atoms in total. The van der Waals surface area contributed by atoms with Crippen molar-refractivity contribution in [3.63, 3.8) is 0 Å². The van der Waals surface area contributed by atoms with Crippen molar-refractivity contribution in [3.05, 3.63) is 0 Å². The van der Waals surface area contributed by atoms with Crippen LogP contribution >= 0.6 is 18.6 Å². The molecule has 0 aromatic heterocycles. The van der Waals surface area contributed by atoms with E-state index in [0.29, 0.717) is 0 Å². The van der Waals surface area contributed by atoms with Gasteiger partial charge >= 0.3 is 144 Å². The van der Waals surface area contributed by atoms with Crippen LogP contribution < -0.4 is 0 Å². The van der Waals surface area contributed by atoms with E-state index in [-0.39, 0.29) is 0 Å². The Bertz CT molecular complexity index is 163. The summed E-state index contributed by atoms with van der Waals surface area (Å²) in [6.45, 7) is 6.99. The minimum absolute atomic E-state index is 1.39. The standard InChI is InChI=1S/3C6H13.HI.Sn/c3*1-3-5-6-4-2;;/h3*1,3-6H2,2H3;1H;/q;;;;+1/p-1. The SMILES string of the molecule is CCCCC[CH2][Sn]([I])([CH2]CCCCC)[CH2]CCCCC. The Hall–Kier alpha value is 1.53. The Morgan fingerprint density at radius 3 is 1.05 bits per heavy atom. The summed E-state index contributed by atoms with van der Waals surface area (Å²) < 4.78 is 5.02. The molecule has 0 saturated heterocycles. The van der Waals surface area contributed by atoms with Gasteiger partial charge in [0.2, 0.25) is 0 Å². The molecule has 0 unspecified atom stereocenters. The second-order valence-corrected chi connectivity index (χ2v) is 32.8. The molecule has 0 bridgehead atoms. The summed E-state index contributed by atoms with van der Waals surface area (Å²) in [5.41, 5.74) is 0. The summed E-state index contributed by atoms with van der Waals surface area (Å²) in [7, 11) is 0. The molecule has 0 radical (unpaired) electrons. The second kappa shape index (κ2) is 15.4. The van der Waals surface area contributed by atoms with Crippen LogP contribution in [0.5, 0.6) is 0 Å². The minimum atomic E-state index is -1.72. The maximum atomic E-state index is 3.04. The molecule has 122 valence electrons. The quantitative estimate of drug-likeness (QED) is 0.121. The Morgan fingerprint density at radius 2 is 0.800 bits per heavy atom. The Balaban J connectivity index is 3.98. The van der Waals surface area contributed by atoms with Gasteiger partial charge in [-0.05, 0) is 0 Å². The molecule has 0 atom stereocenters. The summed E-state index contributed by atoms with van der Waals surface area (Å²) in [4.78, 5) is 0. The van der Waals surface area contributed by atoms with Crippen molar-refractivity contribution < 1.29 is 0 Å². The Kier molecular flexibility index (Phi) is 16.6. The Labute approximate surface area is 143 Å². The molecule has 0 amide bonds. The molecule has 0 heterocycles. The van der Waals surface area contributed by atoms with Crippen LogP contribution in [0.25, 0.3) is 0 Å². The third kappa shape index (κ3) is 13.2. The molecule has 0 spiro atoms. The fraction of sp³-hybridized carbons (Fsp3) is 1.00. The monoisotopic (exact) mass is 502 g/mol. The summed E-state index contributed by atoms with van der Waals surface area (Å²) in [6.07, 6.45) is 17.7. The normalized spacial score (nSPS) is 12.0. The molecule has 0 aliphatic carbocycles. The van der Waals surface area contributed by atoms with Gasteiger partial charge in [-0.3, -0.25) is 0 Å². The zero-order valence-corrected chi connectivity index (χ0v) is 19.5. The zero-order chi connectivity index (χ0) is 15.1. The topological polar surface area (TPSA) is 0 Å². The average Bonchev–Trinajstić information content (AvgIpc) is 2.45. The van der Waals surface area contributed by atoms with Crippen molar-refractivity contribution in [1.82, 2.24) is 0 Å². The molecule has 0 rings (SSSR count). The van der Waals surface area contributed by atoms with Crippen LogP contribution in [-0.2, 0) is 0 Å². The van der Waals surface area contributed by atoms with Gasteiger partial charge in [-0.15, -0.1) is 0 Å². The van der Waals surface area contributed by atoms with Gasteiger partial charge in [0, 0.05) is 0 Å². The van der Waals surface area contributed by atoms with Crippen LogP contribution in [0.1, 0.15) is 97.8 Å². The van der Waals surface area contributed by atoms with E-state index in [1.54, 1.807) is 32.6 Å². The number of halogens is 1. The second-order valence-electron chi connectivity index (χ2n) is 6.58. The van der Waals surface area contributed by atoms with Crippen LogP contribution in [0, 0.1) is 0 Å². The van der Waals surface area contributed by atoms with E-state index in [9.17, 15) is 0 Å². The van der Waals surface area contributed by atoms with Gasteiger partial charge in [0.25, 0.3) is 0 Å². The molecular formula is C18H39ISn. The van der Waals surface area contributed by atoms with Gasteiger partial charge in [0.05, 0.1) is 0 Å². The molecule has 0 aromatic rings.